The van der Waals surface area contributed by atoms with E-state index >= 15 is 0 Å². The van der Waals surface area contributed by atoms with E-state index in [0.29, 0.717) is 33.9 Å². The van der Waals surface area contributed by atoms with Gasteiger partial charge in [0.1, 0.15) is 11.4 Å². The van der Waals surface area contributed by atoms with E-state index in [0.717, 1.165) is 11.1 Å². The van der Waals surface area contributed by atoms with Crippen molar-refractivity contribution in [3.05, 3.63) is 108 Å². The van der Waals surface area contributed by atoms with E-state index < -0.39 is 0 Å². The molecule has 2 aromatic carbocycles. The Labute approximate surface area is 197 Å². The third-order valence-electron chi connectivity index (χ3n) is 4.45. The van der Waals surface area contributed by atoms with Crippen molar-refractivity contribution < 1.29 is 0 Å². The van der Waals surface area contributed by atoms with E-state index in [1.54, 1.807) is 73.6 Å². The number of nitrogens with two attached hydrogens (primary N) is 2. The molecule has 8 heteroatoms. The number of anilines is 2. The zero-order valence-corrected chi connectivity index (χ0v) is 18.1. The van der Waals surface area contributed by atoms with Crippen molar-refractivity contribution in [2.24, 2.45) is 9.98 Å². The molecular weight excluding hydrogens is 424 g/mol. The number of nitrogen functional groups attached to an aromatic ring is 2. The second-order valence-corrected chi connectivity index (χ2v) is 6.85. The highest BCUT2D eigenvalue weighted by Gasteiger charge is 1.96. The largest absolute Gasteiger partial charge is 0.397 e. The van der Waals surface area contributed by atoms with Crippen molar-refractivity contribution in [3.63, 3.8) is 0 Å². The standard InChI is InChI=1S/2C13H10N4/c2*14-7-10-1-3-11(4-2-10)8-17-13-9-16-6-5-12(13)15/h2*1-6,8-9H,(H2,15,16). The van der Waals surface area contributed by atoms with Gasteiger partial charge in [-0.1, -0.05) is 24.3 Å². The second-order valence-electron chi connectivity index (χ2n) is 6.85. The van der Waals surface area contributed by atoms with Gasteiger partial charge in [-0.15, -0.1) is 0 Å². The lowest BCUT2D eigenvalue weighted by Gasteiger charge is -1.97. The summed E-state index contributed by atoms with van der Waals surface area (Å²) in [6.45, 7) is 0. The fourth-order valence-corrected chi connectivity index (χ4v) is 2.59. The van der Waals surface area contributed by atoms with Crippen LogP contribution < -0.4 is 11.5 Å². The number of nitrogens with zero attached hydrogens (tertiary/aromatic N) is 6. The third-order valence-corrected chi connectivity index (χ3v) is 4.45. The fourth-order valence-electron chi connectivity index (χ4n) is 2.59. The Morgan fingerprint density at radius 3 is 1.32 bits per heavy atom. The average molecular weight is 445 g/mol. The van der Waals surface area contributed by atoms with Crippen molar-refractivity contribution in [3.8, 4) is 12.1 Å². The zero-order valence-electron chi connectivity index (χ0n) is 18.1. The molecule has 0 aliphatic heterocycles. The Hall–Kier alpha value is -5.34. The Morgan fingerprint density at radius 2 is 1.00 bits per heavy atom. The maximum Gasteiger partial charge on any atom is 0.104 e. The van der Waals surface area contributed by atoms with Gasteiger partial charge in [-0.3, -0.25) is 20.0 Å². The maximum absolute atomic E-state index is 8.66. The Balaban J connectivity index is 0.000000191. The lowest BCUT2D eigenvalue weighted by molar-refractivity contribution is 1.31. The summed E-state index contributed by atoms with van der Waals surface area (Å²) in [4.78, 5) is 16.4. The number of benzene rings is 2. The first kappa shape index (κ1) is 23.3. The molecule has 0 atom stereocenters. The summed E-state index contributed by atoms with van der Waals surface area (Å²) in [6, 6.07) is 21.8. The Morgan fingerprint density at radius 1 is 0.618 bits per heavy atom. The predicted octanol–water partition coefficient (Wildman–Crippen LogP) is 4.57. The minimum atomic E-state index is 0.588. The molecule has 0 saturated heterocycles. The van der Waals surface area contributed by atoms with Crippen LogP contribution in [0, 0.1) is 22.7 Å². The second kappa shape index (κ2) is 11.9. The minimum absolute atomic E-state index is 0.588. The summed E-state index contributed by atoms with van der Waals surface area (Å²) in [5, 5.41) is 17.3. The molecule has 0 aliphatic rings. The molecule has 164 valence electrons. The third kappa shape index (κ3) is 6.84. The van der Waals surface area contributed by atoms with Gasteiger partial charge in [-0.2, -0.15) is 10.5 Å². The van der Waals surface area contributed by atoms with E-state index in [9.17, 15) is 0 Å². The Bertz CT molecular complexity index is 1270. The van der Waals surface area contributed by atoms with Gasteiger partial charge in [-0.05, 0) is 47.5 Å². The molecule has 4 N–H and O–H groups in total. The molecule has 0 saturated carbocycles. The fraction of sp³-hybridized carbons (Fsp3) is 0. The van der Waals surface area contributed by atoms with Gasteiger partial charge in [0, 0.05) is 24.8 Å². The lowest BCUT2D eigenvalue weighted by Crippen LogP contribution is -1.87. The molecular formula is C26H20N8. The number of aromatic nitrogens is 2. The number of aliphatic imine (C=N–C) groups is 2. The van der Waals surface area contributed by atoms with E-state index in [2.05, 4.69) is 32.1 Å². The van der Waals surface area contributed by atoms with Gasteiger partial charge in [-0.25, -0.2) is 0 Å². The van der Waals surface area contributed by atoms with Crippen LogP contribution in [0.3, 0.4) is 0 Å². The first-order chi connectivity index (χ1) is 16.6. The molecule has 0 fully saturated rings. The number of rotatable bonds is 4. The Kier molecular flexibility index (Phi) is 8.16. The molecule has 2 aromatic heterocycles. The van der Waals surface area contributed by atoms with Gasteiger partial charge >= 0.3 is 0 Å². The van der Waals surface area contributed by atoms with Crippen molar-refractivity contribution in [1.29, 1.82) is 10.5 Å². The van der Waals surface area contributed by atoms with Crippen molar-refractivity contribution in [2.45, 2.75) is 0 Å². The molecule has 0 aliphatic carbocycles. The van der Waals surface area contributed by atoms with Crippen molar-refractivity contribution >= 4 is 35.2 Å². The lowest BCUT2D eigenvalue weighted by atomic mass is 10.2. The smallest absolute Gasteiger partial charge is 0.104 e. The first-order valence-electron chi connectivity index (χ1n) is 10.1. The van der Waals surface area contributed by atoms with Gasteiger partial charge < -0.3 is 11.5 Å². The first-order valence-corrected chi connectivity index (χ1v) is 10.1. The molecule has 0 amide bonds. The summed E-state index contributed by atoms with van der Waals surface area (Å²) in [6.07, 6.45) is 9.83. The summed E-state index contributed by atoms with van der Waals surface area (Å²) in [7, 11) is 0. The van der Waals surface area contributed by atoms with E-state index in [-0.39, 0.29) is 0 Å². The van der Waals surface area contributed by atoms with Gasteiger partial charge in [0.05, 0.1) is 47.0 Å². The van der Waals surface area contributed by atoms with E-state index in [1.807, 2.05) is 24.3 Å². The molecule has 4 rings (SSSR count). The monoisotopic (exact) mass is 444 g/mol. The van der Waals surface area contributed by atoms with Gasteiger partial charge in [0.2, 0.25) is 0 Å². The normalized spacial score (nSPS) is 10.3. The number of hydrogen-bond acceptors (Lipinski definition) is 8. The zero-order chi connectivity index (χ0) is 24.2. The molecule has 0 radical (unpaired) electrons. The quantitative estimate of drug-likeness (QED) is 0.440. The molecule has 0 unspecified atom stereocenters. The van der Waals surface area contributed by atoms with Crippen LogP contribution in [0.1, 0.15) is 22.3 Å². The van der Waals surface area contributed by atoms with Crippen LogP contribution in [0.5, 0.6) is 0 Å². The topological polar surface area (TPSA) is 150 Å². The van der Waals surface area contributed by atoms with Crippen molar-refractivity contribution in [2.75, 3.05) is 11.5 Å². The van der Waals surface area contributed by atoms with Crippen molar-refractivity contribution in [1.82, 2.24) is 9.97 Å². The highest BCUT2D eigenvalue weighted by atomic mass is 14.8. The maximum atomic E-state index is 8.66. The number of nitriles is 2. The van der Waals surface area contributed by atoms with Crippen LogP contribution >= 0.6 is 0 Å². The summed E-state index contributed by atoms with van der Waals surface area (Å²) >= 11 is 0. The minimum Gasteiger partial charge on any atom is -0.397 e. The van der Waals surface area contributed by atoms with Crippen LogP contribution in [0.4, 0.5) is 22.7 Å². The number of hydrogen-bond donors (Lipinski definition) is 2. The van der Waals surface area contributed by atoms with Crippen LogP contribution in [-0.2, 0) is 0 Å². The average Bonchev–Trinajstić information content (AvgIpc) is 2.89. The molecule has 0 spiro atoms. The van der Waals surface area contributed by atoms with E-state index in [1.165, 1.54) is 0 Å². The van der Waals surface area contributed by atoms with Crippen LogP contribution in [-0.4, -0.2) is 22.4 Å². The molecule has 0 bridgehead atoms. The van der Waals surface area contributed by atoms with Gasteiger partial charge in [0.15, 0.2) is 0 Å². The summed E-state index contributed by atoms with van der Waals surface area (Å²) in [5.41, 5.74) is 17.0. The molecule has 8 nitrogen and oxygen atoms in total. The summed E-state index contributed by atoms with van der Waals surface area (Å²) < 4.78 is 0. The number of pyridine rings is 2. The summed E-state index contributed by atoms with van der Waals surface area (Å²) in [5.74, 6) is 0. The predicted molar refractivity (Wildman–Crippen MR) is 134 cm³/mol. The molecule has 34 heavy (non-hydrogen) atoms. The van der Waals surface area contributed by atoms with Crippen LogP contribution in [0.25, 0.3) is 0 Å². The van der Waals surface area contributed by atoms with Gasteiger partial charge in [0.25, 0.3) is 0 Å². The molecule has 2 heterocycles. The highest BCUT2D eigenvalue weighted by Crippen LogP contribution is 2.19. The SMILES string of the molecule is N#Cc1ccc(C=Nc2cnccc2N)cc1.N#Cc1ccc(C=Nc2cnccc2N)cc1. The van der Waals surface area contributed by atoms with Crippen LogP contribution in [0.15, 0.2) is 95.4 Å². The highest BCUT2D eigenvalue weighted by molar-refractivity contribution is 5.84. The molecule has 4 aromatic rings. The van der Waals surface area contributed by atoms with Crippen LogP contribution in [0.2, 0.25) is 0 Å². The van der Waals surface area contributed by atoms with E-state index in [4.69, 9.17) is 22.0 Å².